The quantitative estimate of drug-likeness (QED) is 0.720. The van der Waals surface area contributed by atoms with Gasteiger partial charge in [0.1, 0.15) is 5.56 Å². The van der Waals surface area contributed by atoms with Crippen LogP contribution in [0.5, 0.6) is 0 Å². The Hall–Kier alpha value is -1.32. The Morgan fingerprint density at radius 1 is 1.62 bits per heavy atom. The van der Waals surface area contributed by atoms with Crippen LogP contribution in [0.25, 0.3) is 0 Å². The second-order valence-electron chi connectivity index (χ2n) is 2.91. The highest BCUT2D eigenvalue weighted by Crippen LogP contribution is 2.13. The third-order valence-electron chi connectivity index (χ3n) is 1.90. The van der Waals surface area contributed by atoms with Gasteiger partial charge in [-0.3, -0.25) is 5.10 Å². The summed E-state index contributed by atoms with van der Waals surface area (Å²) >= 11 is 0. The summed E-state index contributed by atoms with van der Waals surface area (Å²) in [6.45, 7) is 3.86. The van der Waals surface area contributed by atoms with Crippen molar-refractivity contribution in [3.05, 3.63) is 17.0 Å². The SMILES string of the molecule is CCCc1n[nH]c(C)c1C(=O)OC. The summed E-state index contributed by atoms with van der Waals surface area (Å²) in [4.78, 5) is 11.3. The molecule has 13 heavy (non-hydrogen) atoms. The molecule has 1 aromatic rings. The minimum atomic E-state index is -0.310. The summed E-state index contributed by atoms with van der Waals surface area (Å²) < 4.78 is 4.66. The third-order valence-corrected chi connectivity index (χ3v) is 1.90. The van der Waals surface area contributed by atoms with Crippen molar-refractivity contribution in [2.24, 2.45) is 0 Å². The second kappa shape index (κ2) is 4.07. The first-order chi connectivity index (χ1) is 6.20. The number of ether oxygens (including phenoxy) is 1. The van der Waals surface area contributed by atoms with Crippen molar-refractivity contribution >= 4 is 5.97 Å². The zero-order chi connectivity index (χ0) is 9.84. The number of aryl methyl sites for hydroxylation is 2. The molecule has 0 aromatic carbocycles. The normalized spacial score (nSPS) is 10.1. The van der Waals surface area contributed by atoms with E-state index in [1.54, 1.807) is 0 Å². The lowest BCUT2D eigenvalue weighted by Gasteiger charge is -1.99. The number of rotatable bonds is 3. The molecule has 1 N–H and O–H groups in total. The smallest absolute Gasteiger partial charge is 0.341 e. The Bertz CT molecular complexity index is 305. The summed E-state index contributed by atoms with van der Waals surface area (Å²) in [5, 5.41) is 6.84. The van der Waals surface area contributed by atoms with E-state index in [-0.39, 0.29) is 5.97 Å². The molecular weight excluding hydrogens is 168 g/mol. The summed E-state index contributed by atoms with van der Waals surface area (Å²) in [7, 11) is 1.38. The van der Waals surface area contributed by atoms with Crippen LogP contribution in [0.4, 0.5) is 0 Å². The first-order valence-electron chi connectivity index (χ1n) is 4.32. The van der Waals surface area contributed by atoms with Crippen molar-refractivity contribution in [3.8, 4) is 0 Å². The van der Waals surface area contributed by atoms with Gasteiger partial charge in [0.2, 0.25) is 0 Å². The van der Waals surface area contributed by atoms with Gasteiger partial charge in [-0.05, 0) is 13.3 Å². The van der Waals surface area contributed by atoms with E-state index >= 15 is 0 Å². The van der Waals surface area contributed by atoms with E-state index in [9.17, 15) is 4.79 Å². The maximum Gasteiger partial charge on any atom is 0.341 e. The zero-order valence-electron chi connectivity index (χ0n) is 8.18. The molecule has 4 nitrogen and oxygen atoms in total. The summed E-state index contributed by atoms with van der Waals surface area (Å²) in [6, 6.07) is 0. The number of esters is 1. The van der Waals surface area contributed by atoms with Crippen LogP contribution in [-0.2, 0) is 11.2 Å². The van der Waals surface area contributed by atoms with Crippen LogP contribution in [0.3, 0.4) is 0 Å². The van der Waals surface area contributed by atoms with Crippen LogP contribution in [0, 0.1) is 6.92 Å². The van der Waals surface area contributed by atoms with E-state index in [0.717, 1.165) is 24.2 Å². The molecule has 1 aromatic heterocycles. The minimum Gasteiger partial charge on any atom is -0.465 e. The van der Waals surface area contributed by atoms with E-state index < -0.39 is 0 Å². The standard InChI is InChI=1S/C9H14N2O2/c1-4-5-7-8(9(12)13-3)6(2)10-11-7/h4-5H2,1-3H3,(H,10,11). The molecule has 1 rings (SSSR count). The topological polar surface area (TPSA) is 55.0 Å². The van der Waals surface area contributed by atoms with E-state index in [1.807, 2.05) is 13.8 Å². The maximum absolute atomic E-state index is 11.3. The first-order valence-corrected chi connectivity index (χ1v) is 4.32. The number of aromatic nitrogens is 2. The molecule has 0 aliphatic heterocycles. The van der Waals surface area contributed by atoms with Gasteiger partial charge in [-0.15, -0.1) is 0 Å². The third kappa shape index (κ3) is 1.88. The van der Waals surface area contributed by atoms with Gasteiger partial charge in [-0.25, -0.2) is 4.79 Å². The van der Waals surface area contributed by atoms with E-state index in [1.165, 1.54) is 7.11 Å². The Labute approximate surface area is 77.3 Å². The Morgan fingerprint density at radius 2 is 2.31 bits per heavy atom. The van der Waals surface area contributed by atoms with Gasteiger partial charge in [0, 0.05) is 5.69 Å². The van der Waals surface area contributed by atoms with Gasteiger partial charge in [0.15, 0.2) is 0 Å². The predicted molar refractivity (Wildman–Crippen MR) is 48.7 cm³/mol. The van der Waals surface area contributed by atoms with Gasteiger partial charge in [0.25, 0.3) is 0 Å². The van der Waals surface area contributed by atoms with Crippen molar-refractivity contribution in [1.82, 2.24) is 10.2 Å². The number of nitrogens with one attached hydrogen (secondary N) is 1. The molecule has 0 atom stereocenters. The summed E-state index contributed by atoms with van der Waals surface area (Å²) in [5.41, 5.74) is 2.16. The minimum absolute atomic E-state index is 0.310. The molecule has 0 spiro atoms. The molecule has 1 heterocycles. The highest BCUT2D eigenvalue weighted by Gasteiger charge is 2.17. The monoisotopic (exact) mass is 182 g/mol. The molecule has 4 heteroatoms. The molecule has 0 unspecified atom stereocenters. The van der Waals surface area contributed by atoms with Crippen LogP contribution in [0.2, 0.25) is 0 Å². The van der Waals surface area contributed by atoms with Crippen LogP contribution in [-0.4, -0.2) is 23.3 Å². The van der Waals surface area contributed by atoms with Crippen molar-refractivity contribution < 1.29 is 9.53 Å². The van der Waals surface area contributed by atoms with Gasteiger partial charge in [-0.2, -0.15) is 5.10 Å². The number of hydrogen-bond acceptors (Lipinski definition) is 3. The van der Waals surface area contributed by atoms with Gasteiger partial charge in [-0.1, -0.05) is 13.3 Å². The molecule has 72 valence electrons. The molecule has 0 fully saturated rings. The lowest BCUT2D eigenvalue weighted by molar-refractivity contribution is 0.0598. The number of H-pyrrole nitrogens is 1. The average Bonchev–Trinajstić information content (AvgIpc) is 2.47. The number of methoxy groups -OCH3 is 1. The number of hydrogen-bond donors (Lipinski definition) is 1. The number of carbonyl (C=O) groups excluding carboxylic acids is 1. The highest BCUT2D eigenvalue weighted by molar-refractivity contribution is 5.91. The van der Waals surface area contributed by atoms with Crippen LogP contribution in [0.1, 0.15) is 35.1 Å². The van der Waals surface area contributed by atoms with Crippen LogP contribution < -0.4 is 0 Å². The fraction of sp³-hybridized carbons (Fsp3) is 0.556. The van der Waals surface area contributed by atoms with Gasteiger partial charge in [0.05, 0.1) is 12.8 Å². The van der Waals surface area contributed by atoms with Crippen molar-refractivity contribution in [2.75, 3.05) is 7.11 Å². The molecule has 0 saturated heterocycles. The first kappa shape index (κ1) is 9.77. The van der Waals surface area contributed by atoms with Gasteiger partial charge < -0.3 is 4.74 Å². The number of carbonyl (C=O) groups is 1. The highest BCUT2D eigenvalue weighted by atomic mass is 16.5. The van der Waals surface area contributed by atoms with Crippen molar-refractivity contribution in [2.45, 2.75) is 26.7 Å². The largest absolute Gasteiger partial charge is 0.465 e. The van der Waals surface area contributed by atoms with Gasteiger partial charge >= 0.3 is 5.97 Å². The van der Waals surface area contributed by atoms with Crippen molar-refractivity contribution in [1.29, 1.82) is 0 Å². The summed E-state index contributed by atoms with van der Waals surface area (Å²) in [5.74, 6) is -0.310. The molecule has 0 bridgehead atoms. The predicted octanol–water partition coefficient (Wildman–Crippen LogP) is 1.46. The Balaban J connectivity index is 3.01. The van der Waals surface area contributed by atoms with Crippen LogP contribution >= 0.6 is 0 Å². The summed E-state index contributed by atoms with van der Waals surface area (Å²) in [6.07, 6.45) is 1.77. The molecule has 0 aliphatic carbocycles. The fourth-order valence-corrected chi connectivity index (χ4v) is 1.27. The number of nitrogens with zero attached hydrogens (tertiary/aromatic N) is 1. The molecule has 0 amide bonds. The zero-order valence-corrected chi connectivity index (χ0v) is 8.18. The Morgan fingerprint density at radius 3 is 2.85 bits per heavy atom. The molecule has 0 radical (unpaired) electrons. The second-order valence-corrected chi connectivity index (χ2v) is 2.91. The van der Waals surface area contributed by atoms with E-state index in [4.69, 9.17) is 0 Å². The Kier molecular flexibility index (Phi) is 3.06. The maximum atomic E-state index is 11.3. The average molecular weight is 182 g/mol. The number of aromatic amines is 1. The lowest BCUT2D eigenvalue weighted by atomic mass is 10.1. The molecule has 0 saturated carbocycles. The van der Waals surface area contributed by atoms with E-state index in [0.29, 0.717) is 5.56 Å². The molecule has 0 aliphatic rings. The van der Waals surface area contributed by atoms with E-state index in [2.05, 4.69) is 14.9 Å². The van der Waals surface area contributed by atoms with Crippen molar-refractivity contribution in [3.63, 3.8) is 0 Å². The lowest BCUT2D eigenvalue weighted by Crippen LogP contribution is -2.05. The van der Waals surface area contributed by atoms with Crippen LogP contribution in [0.15, 0.2) is 0 Å². The molecular formula is C9H14N2O2. The fourth-order valence-electron chi connectivity index (χ4n) is 1.27.